The second kappa shape index (κ2) is 11.2. The van der Waals surface area contributed by atoms with Gasteiger partial charge >= 0.3 is 0 Å². The zero-order valence-corrected chi connectivity index (χ0v) is 20.9. The molecule has 1 aliphatic heterocycles. The third-order valence-electron chi connectivity index (χ3n) is 6.99. The zero-order valence-electron chi connectivity index (χ0n) is 20.1. The van der Waals surface area contributed by atoms with E-state index >= 15 is 0 Å². The summed E-state index contributed by atoms with van der Waals surface area (Å²) >= 11 is 0. The highest BCUT2D eigenvalue weighted by atomic mass is 32.2. The van der Waals surface area contributed by atoms with Crippen molar-refractivity contribution in [3.05, 3.63) is 54.0 Å². The van der Waals surface area contributed by atoms with Crippen LogP contribution in [0.2, 0.25) is 0 Å². The van der Waals surface area contributed by atoms with Crippen molar-refractivity contribution in [3.8, 4) is 0 Å². The summed E-state index contributed by atoms with van der Waals surface area (Å²) in [5.74, 6) is -0.223. The number of aromatic nitrogens is 1. The van der Waals surface area contributed by atoms with Crippen LogP contribution in [0.4, 0.5) is 4.39 Å². The molecule has 11 heteroatoms. The van der Waals surface area contributed by atoms with Crippen molar-refractivity contribution < 1.29 is 26.8 Å². The number of hydrogen-bond acceptors (Lipinski definition) is 6. The van der Waals surface area contributed by atoms with Crippen molar-refractivity contribution in [1.82, 2.24) is 18.9 Å². The number of carbonyl (C=O) groups excluding carboxylic acids is 1. The van der Waals surface area contributed by atoms with Crippen LogP contribution in [0.3, 0.4) is 0 Å². The zero-order chi connectivity index (χ0) is 25.0. The first-order valence-electron chi connectivity index (χ1n) is 12.0. The number of rotatable bonds is 8. The van der Waals surface area contributed by atoms with Gasteiger partial charge in [0.15, 0.2) is 6.39 Å². The van der Waals surface area contributed by atoms with Crippen LogP contribution in [0.15, 0.2) is 41.3 Å². The van der Waals surface area contributed by atoms with E-state index in [1.165, 1.54) is 32.8 Å². The Kier molecular flexibility index (Phi) is 8.20. The summed E-state index contributed by atoms with van der Waals surface area (Å²) in [6, 6.07) is 6.43. The summed E-state index contributed by atoms with van der Waals surface area (Å²) in [6.45, 7) is 1.07. The highest BCUT2D eigenvalue weighted by Gasteiger charge is 2.36. The summed E-state index contributed by atoms with van der Waals surface area (Å²) in [6.07, 6.45) is 6.62. The summed E-state index contributed by atoms with van der Waals surface area (Å²) in [4.78, 5) is 18.3. The third-order valence-corrected chi connectivity index (χ3v) is 8.55. The highest BCUT2D eigenvalue weighted by Crippen LogP contribution is 2.34. The number of nitrogens with zero attached hydrogens (tertiary/aromatic N) is 3. The number of halogens is 1. The number of piperidine rings is 1. The van der Waals surface area contributed by atoms with E-state index in [1.807, 2.05) is 6.07 Å². The van der Waals surface area contributed by atoms with Gasteiger partial charge in [0.05, 0.1) is 18.9 Å². The van der Waals surface area contributed by atoms with Crippen LogP contribution in [-0.4, -0.2) is 74.5 Å². The van der Waals surface area contributed by atoms with Gasteiger partial charge in [-0.1, -0.05) is 12.1 Å². The molecule has 192 valence electrons. The second-order valence-electron chi connectivity index (χ2n) is 9.54. The number of hydrogen-bond donors (Lipinski definition) is 1. The minimum Gasteiger partial charge on any atom is -0.438 e. The molecule has 2 atom stereocenters. The predicted molar refractivity (Wildman–Crippen MR) is 127 cm³/mol. The molecule has 1 aliphatic carbocycles. The maximum absolute atomic E-state index is 13.6. The number of likely N-dealkylation sites (tertiary alicyclic amines) is 1. The van der Waals surface area contributed by atoms with Gasteiger partial charge in [0.25, 0.3) is 16.1 Å². The van der Waals surface area contributed by atoms with Crippen molar-refractivity contribution >= 4 is 16.1 Å². The Morgan fingerprint density at radius 3 is 2.69 bits per heavy atom. The van der Waals surface area contributed by atoms with Crippen molar-refractivity contribution in [2.45, 2.75) is 50.2 Å². The van der Waals surface area contributed by atoms with E-state index in [2.05, 4.69) is 9.71 Å². The summed E-state index contributed by atoms with van der Waals surface area (Å²) < 4.78 is 53.9. The molecule has 0 bridgehead atoms. The molecule has 1 saturated carbocycles. The predicted octanol–water partition coefficient (Wildman–Crippen LogP) is 2.78. The lowest BCUT2D eigenvalue weighted by Gasteiger charge is -2.39. The number of oxazole rings is 1. The van der Waals surface area contributed by atoms with Crippen LogP contribution in [0.25, 0.3) is 0 Å². The first-order valence-corrected chi connectivity index (χ1v) is 13.4. The van der Waals surface area contributed by atoms with E-state index in [-0.39, 0.29) is 35.5 Å². The monoisotopic (exact) mass is 508 g/mol. The number of ether oxygens (including phenoxy) is 1. The molecule has 2 fully saturated rings. The smallest absolute Gasteiger partial charge is 0.291 e. The number of amides is 1. The average Bonchev–Trinajstić information content (AvgIpc) is 3.38. The Labute approximate surface area is 205 Å². The Morgan fingerprint density at radius 1 is 1.26 bits per heavy atom. The molecule has 2 unspecified atom stereocenters. The van der Waals surface area contributed by atoms with Crippen LogP contribution in [0, 0.1) is 11.7 Å². The lowest BCUT2D eigenvalue weighted by molar-refractivity contribution is -0.0154. The first kappa shape index (κ1) is 25.7. The fourth-order valence-corrected chi connectivity index (χ4v) is 5.80. The average molecular weight is 509 g/mol. The Balaban J connectivity index is 1.37. The SMILES string of the molecule is CN(C)S(=O)(=O)NC1CCN(C(=O)c2cnco2)CC1COC1CCC(c2cccc(F)c2)CC1. The van der Waals surface area contributed by atoms with Crippen molar-refractivity contribution in [3.63, 3.8) is 0 Å². The lowest BCUT2D eigenvalue weighted by Crippen LogP contribution is -2.55. The van der Waals surface area contributed by atoms with E-state index in [9.17, 15) is 17.6 Å². The molecule has 35 heavy (non-hydrogen) atoms. The van der Waals surface area contributed by atoms with Gasteiger partial charge in [-0.05, 0) is 55.7 Å². The van der Waals surface area contributed by atoms with E-state index < -0.39 is 10.2 Å². The van der Waals surface area contributed by atoms with Gasteiger partial charge < -0.3 is 14.1 Å². The standard InChI is InChI=1S/C24H33FN4O5S/c1-28(2)35(31,32)27-22-10-11-29(24(30)23-13-26-16-34-23)14-19(22)15-33-21-8-6-17(7-9-21)18-4-3-5-20(25)12-18/h3-5,12-13,16-17,19,21-22,27H,6-11,14-15H2,1-2H3. The molecule has 4 rings (SSSR count). The summed E-state index contributed by atoms with van der Waals surface area (Å²) in [5.41, 5.74) is 1.02. The molecule has 1 N–H and O–H groups in total. The van der Waals surface area contributed by atoms with Crippen LogP contribution in [0.5, 0.6) is 0 Å². The van der Waals surface area contributed by atoms with Gasteiger partial charge in [-0.15, -0.1) is 0 Å². The van der Waals surface area contributed by atoms with Crippen LogP contribution in [0.1, 0.15) is 54.1 Å². The molecular weight excluding hydrogens is 475 g/mol. The minimum absolute atomic E-state index is 0.0475. The molecule has 2 aliphatic rings. The molecule has 2 aromatic rings. The highest BCUT2D eigenvalue weighted by molar-refractivity contribution is 7.87. The fourth-order valence-electron chi connectivity index (χ4n) is 4.90. The molecule has 1 saturated heterocycles. The van der Waals surface area contributed by atoms with Crippen LogP contribution in [-0.2, 0) is 14.9 Å². The van der Waals surface area contributed by atoms with Gasteiger partial charge in [-0.3, -0.25) is 4.79 Å². The first-order chi connectivity index (χ1) is 16.7. The van der Waals surface area contributed by atoms with Crippen molar-refractivity contribution in [1.29, 1.82) is 0 Å². The van der Waals surface area contributed by atoms with Crippen molar-refractivity contribution in [2.75, 3.05) is 33.8 Å². The van der Waals surface area contributed by atoms with Gasteiger partial charge in [0.2, 0.25) is 5.76 Å². The summed E-state index contributed by atoms with van der Waals surface area (Å²) in [7, 11) is -0.672. The van der Waals surface area contributed by atoms with E-state index in [1.54, 1.807) is 17.0 Å². The number of nitrogens with one attached hydrogen (secondary N) is 1. The van der Waals surface area contributed by atoms with Gasteiger partial charge in [0.1, 0.15) is 5.82 Å². The molecule has 0 spiro atoms. The van der Waals surface area contributed by atoms with E-state index in [4.69, 9.17) is 9.15 Å². The van der Waals surface area contributed by atoms with E-state index in [0.29, 0.717) is 32.0 Å². The maximum Gasteiger partial charge on any atom is 0.291 e. The quantitative estimate of drug-likeness (QED) is 0.588. The van der Waals surface area contributed by atoms with Gasteiger partial charge in [-0.2, -0.15) is 17.4 Å². The molecular formula is C24H33FN4O5S. The molecule has 2 heterocycles. The topological polar surface area (TPSA) is 105 Å². The molecule has 1 amide bonds. The van der Waals surface area contributed by atoms with E-state index in [0.717, 1.165) is 35.6 Å². The third kappa shape index (κ3) is 6.46. The molecule has 0 radical (unpaired) electrons. The number of carbonyl (C=O) groups is 1. The fraction of sp³-hybridized carbons (Fsp3) is 0.583. The van der Waals surface area contributed by atoms with Crippen LogP contribution >= 0.6 is 0 Å². The second-order valence-corrected chi connectivity index (χ2v) is 11.5. The number of benzene rings is 1. The van der Waals surface area contributed by atoms with Gasteiger partial charge in [0, 0.05) is 39.1 Å². The Hall–Kier alpha value is -2.34. The molecule has 1 aromatic heterocycles. The Morgan fingerprint density at radius 2 is 2.03 bits per heavy atom. The largest absolute Gasteiger partial charge is 0.438 e. The van der Waals surface area contributed by atoms with Crippen LogP contribution < -0.4 is 4.72 Å². The Bertz CT molecular complexity index is 1090. The molecule has 9 nitrogen and oxygen atoms in total. The van der Waals surface area contributed by atoms with Gasteiger partial charge in [-0.25, -0.2) is 9.37 Å². The molecule has 1 aromatic carbocycles. The normalized spacial score (nSPS) is 25.7. The van der Waals surface area contributed by atoms with Crippen molar-refractivity contribution in [2.24, 2.45) is 5.92 Å². The maximum atomic E-state index is 13.6. The minimum atomic E-state index is -3.63. The summed E-state index contributed by atoms with van der Waals surface area (Å²) in [5, 5.41) is 0. The lowest BCUT2D eigenvalue weighted by atomic mass is 9.82.